The number of anilines is 1. The molecular weight excluding hydrogens is 485 g/mol. The molecule has 1 aliphatic rings. The molecule has 0 radical (unpaired) electrons. The Hall–Kier alpha value is -2.90. The molecule has 3 aromatic carbocycles. The zero-order valence-electron chi connectivity index (χ0n) is 19.6. The topological polar surface area (TPSA) is 72.9 Å². The number of likely N-dealkylation sites (N-methyl/N-ethyl adjacent to an activating group) is 1. The molecule has 0 aliphatic carbocycles. The number of carboxylic acid groups (broad SMARTS) is 1. The van der Waals surface area contributed by atoms with Crippen LogP contribution in [0, 0.1) is 0 Å². The van der Waals surface area contributed by atoms with Gasteiger partial charge in [-0.1, -0.05) is 54.6 Å². The quantitative estimate of drug-likeness (QED) is 0.471. The van der Waals surface area contributed by atoms with Crippen LogP contribution in [0.2, 0.25) is 0 Å². The summed E-state index contributed by atoms with van der Waals surface area (Å²) in [6, 6.07) is 23.0. The van der Waals surface area contributed by atoms with Gasteiger partial charge >= 0.3 is 5.97 Å². The van der Waals surface area contributed by atoms with Gasteiger partial charge < -0.3 is 15.3 Å². The summed E-state index contributed by atoms with van der Waals surface area (Å²) >= 11 is 0. The zero-order chi connectivity index (χ0) is 23.2. The van der Waals surface area contributed by atoms with Crippen molar-refractivity contribution in [3.05, 3.63) is 89.5 Å². The van der Waals surface area contributed by atoms with Gasteiger partial charge in [0.1, 0.15) is 0 Å². The molecular formula is C27H31Cl2N3O3. The Morgan fingerprint density at radius 2 is 1.54 bits per heavy atom. The van der Waals surface area contributed by atoms with E-state index >= 15 is 0 Å². The minimum Gasteiger partial charge on any atom is -0.481 e. The first-order valence-electron chi connectivity index (χ1n) is 11.2. The Morgan fingerprint density at radius 1 is 0.857 bits per heavy atom. The van der Waals surface area contributed by atoms with Crippen LogP contribution in [0.5, 0.6) is 0 Å². The third-order valence-electron chi connectivity index (χ3n) is 6.02. The van der Waals surface area contributed by atoms with Gasteiger partial charge in [-0.3, -0.25) is 14.5 Å². The number of nitrogens with zero attached hydrogens (tertiary/aromatic N) is 2. The maximum absolute atomic E-state index is 12.9. The van der Waals surface area contributed by atoms with Crippen LogP contribution < -0.4 is 5.32 Å². The average molecular weight is 516 g/mol. The number of carbonyl (C=O) groups excluding carboxylic acids is 1. The monoisotopic (exact) mass is 515 g/mol. The van der Waals surface area contributed by atoms with E-state index in [2.05, 4.69) is 46.4 Å². The third-order valence-corrected chi connectivity index (χ3v) is 6.02. The Morgan fingerprint density at radius 3 is 2.23 bits per heavy atom. The molecule has 0 saturated carbocycles. The molecule has 6 nitrogen and oxygen atoms in total. The molecule has 186 valence electrons. The lowest BCUT2D eigenvalue weighted by molar-refractivity contribution is -0.136. The molecule has 0 aromatic heterocycles. The molecule has 0 unspecified atom stereocenters. The van der Waals surface area contributed by atoms with Crippen molar-refractivity contribution in [2.75, 3.05) is 38.5 Å². The largest absolute Gasteiger partial charge is 0.481 e. The number of carbonyl (C=O) groups is 2. The Labute approximate surface area is 218 Å². The Balaban J connectivity index is 0.00000216. The maximum atomic E-state index is 12.9. The predicted octanol–water partition coefficient (Wildman–Crippen LogP) is 4.82. The van der Waals surface area contributed by atoms with Crippen molar-refractivity contribution in [2.45, 2.75) is 13.0 Å². The van der Waals surface area contributed by atoms with Crippen LogP contribution in [-0.2, 0) is 17.8 Å². The Kier molecular flexibility index (Phi) is 10.7. The van der Waals surface area contributed by atoms with Gasteiger partial charge in [0, 0.05) is 44.0 Å². The summed E-state index contributed by atoms with van der Waals surface area (Å²) in [7, 11) is 2.16. The maximum Gasteiger partial charge on any atom is 0.307 e. The number of benzene rings is 3. The summed E-state index contributed by atoms with van der Waals surface area (Å²) in [6.07, 6.45) is -0.142. The molecule has 2 N–H and O–H groups in total. The number of piperazine rings is 1. The molecule has 1 heterocycles. The molecule has 0 atom stereocenters. The summed E-state index contributed by atoms with van der Waals surface area (Å²) in [4.78, 5) is 28.8. The standard InChI is InChI=1S/C27H29N3O3.2ClH/c1-29-13-15-30(16-14-29)19-20-9-11-21(12-10-20)22-6-4-7-24(17-22)27(33)28-25-8-3-2-5-23(25)18-26(31)32;;/h2-12,17H,13-16,18-19H2,1H3,(H,28,33)(H,31,32);2*1H. The number of hydrogen-bond acceptors (Lipinski definition) is 4. The molecule has 1 saturated heterocycles. The number of amides is 1. The zero-order valence-corrected chi connectivity index (χ0v) is 21.3. The molecule has 0 spiro atoms. The van der Waals surface area contributed by atoms with Gasteiger partial charge in [-0.15, -0.1) is 24.8 Å². The fourth-order valence-electron chi connectivity index (χ4n) is 4.06. The van der Waals surface area contributed by atoms with Gasteiger partial charge in [0.15, 0.2) is 0 Å². The van der Waals surface area contributed by atoms with E-state index in [4.69, 9.17) is 5.11 Å². The number of aliphatic carboxylic acids is 1. The highest BCUT2D eigenvalue weighted by molar-refractivity contribution is 6.05. The van der Waals surface area contributed by atoms with Crippen LogP contribution in [0.4, 0.5) is 5.69 Å². The highest BCUT2D eigenvalue weighted by atomic mass is 35.5. The van der Waals surface area contributed by atoms with Crippen molar-refractivity contribution in [3.8, 4) is 11.1 Å². The van der Waals surface area contributed by atoms with Crippen molar-refractivity contribution in [3.63, 3.8) is 0 Å². The van der Waals surface area contributed by atoms with Crippen molar-refractivity contribution in [2.24, 2.45) is 0 Å². The predicted molar refractivity (Wildman–Crippen MR) is 145 cm³/mol. The highest BCUT2D eigenvalue weighted by Gasteiger charge is 2.14. The summed E-state index contributed by atoms with van der Waals surface area (Å²) < 4.78 is 0. The number of hydrogen-bond donors (Lipinski definition) is 2. The lowest BCUT2D eigenvalue weighted by Gasteiger charge is -2.32. The average Bonchev–Trinajstić information content (AvgIpc) is 2.82. The lowest BCUT2D eigenvalue weighted by Crippen LogP contribution is -2.43. The number of nitrogens with one attached hydrogen (secondary N) is 1. The van der Waals surface area contributed by atoms with E-state index in [0.29, 0.717) is 16.8 Å². The fourth-order valence-corrected chi connectivity index (χ4v) is 4.06. The summed E-state index contributed by atoms with van der Waals surface area (Å²) in [5.41, 5.74) is 4.92. The van der Waals surface area contributed by atoms with E-state index in [9.17, 15) is 9.59 Å². The van der Waals surface area contributed by atoms with Crippen LogP contribution in [0.15, 0.2) is 72.8 Å². The van der Waals surface area contributed by atoms with Crippen LogP contribution in [0.3, 0.4) is 0 Å². The normalized spacial score (nSPS) is 13.9. The van der Waals surface area contributed by atoms with Crippen molar-refractivity contribution in [1.82, 2.24) is 9.80 Å². The molecule has 4 rings (SSSR count). The van der Waals surface area contributed by atoms with E-state index in [1.165, 1.54) is 5.56 Å². The second-order valence-electron chi connectivity index (χ2n) is 8.54. The highest BCUT2D eigenvalue weighted by Crippen LogP contribution is 2.23. The van der Waals surface area contributed by atoms with E-state index < -0.39 is 5.97 Å². The van der Waals surface area contributed by atoms with Gasteiger partial charge in [0.05, 0.1) is 6.42 Å². The molecule has 1 fully saturated rings. The van der Waals surface area contributed by atoms with Gasteiger partial charge in [0.25, 0.3) is 5.91 Å². The van der Waals surface area contributed by atoms with Crippen molar-refractivity contribution < 1.29 is 14.7 Å². The van der Waals surface area contributed by atoms with Gasteiger partial charge in [-0.25, -0.2) is 0 Å². The van der Waals surface area contributed by atoms with Crippen LogP contribution in [-0.4, -0.2) is 60.0 Å². The second-order valence-corrected chi connectivity index (χ2v) is 8.54. The molecule has 3 aromatic rings. The lowest BCUT2D eigenvalue weighted by atomic mass is 10.0. The first-order chi connectivity index (χ1) is 16.0. The molecule has 0 bridgehead atoms. The third kappa shape index (κ3) is 7.80. The summed E-state index contributed by atoms with van der Waals surface area (Å²) in [5, 5.41) is 12.0. The summed E-state index contributed by atoms with van der Waals surface area (Å²) in [6.45, 7) is 5.34. The number of rotatable bonds is 7. The smallest absolute Gasteiger partial charge is 0.307 e. The number of carboxylic acids is 1. The first-order valence-corrected chi connectivity index (χ1v) is 11.2. The van der Waals surface area contributed by atoms with Gasteiger partial charge in [-0.05, 0) is 47.5 Å². The first kappa shape index (κ1) is 28.3. The van der Waals surface area contributed by atoms with E-state index in [1.807, 2.05) is 18.2 Å². The Bertz CT molecular complexity index is 1130. The molecule has 1 aliphatic heterocycles. The van der Waals surface area contributed by atoms with Crippen molar-refractivity contribution >= 4 is 42.4 Å². The van der Waals surface area contributed by atoms with Crippen LogP contribution >= 0.6 is 24.8 Å². The fraction of sp³-hybridized carbons (Fsp3) is 0.259. The van der Waals surface area contributed by atoms with E-state index in [1.54, 1.807) is 30.3 Å². The summed E-state index contributed by atoms with van der Waals surface area (Å²) in [5.74, 6) is -1.20. The van der Waals surface area contributed by atoms with E-state index in [-0.39, 0.29) is 37.1 Å². The SMILES string of the molecule is CN1CCN(Cc2ccc(-c3cccc(C(=O)Nc4ccccc4CC(=O)O)c3)cc2)CC1.Cl.Cl. The van der Waals surface area contributed by atoms with Crippen LogP contribution in [0.1, 0.15) is 21.5 Å². The number of para-hydroxylation sites is 1. The minimum atomic E-state index is -0.935. The minimum absolute atomic E-state index is 0. The van der Waals surface area contributed by atoms with Gasteiger partial charge in [0.2, 0.25) is 0 Å². The second kappa shape index (κ2) is 13.3. The molecule has 1 amide bonds. The number of halogens is 2. The van der Waals surface area contributed by atoms with E-state index in [0.717, 1.165) is 43.9 Å². The van der Waals surface area contributed by atoms with Gasteiger partial charge in [-0.2, -0.15) is 0 Å². The van der Waals surface area contributed by atoms with Crippen molar-refractivity contribution in [1.29, 1.82) is 0 Å². The van der Waals surface area contributed by atoms with Crippen LogP contribution in [0.25, 0.3) is 11.1 Å². The molecule has 35 heavy (non-hydrogen) atoms. The molecule has 8 heteroatoms.